The third-order valence-corrected chi connectivity index (χ3v) is 6.11. The van der Waals surface area contributed by atoms with E-state index in [9.17, 15) is 4.79 Å². The number of hydrogen-bond donors (Lipinski definition) is 2. The van der Waals surface area contributed by atoms with E-state index in [1.54, 1.807) is 38.6 Å². The van der Waals surface area contributed by atoms with Crippen molar-refractivity contribution in [2.45, 2.75) is 30.8 Å². The summed E-state index contributed by atoms with van der Waals surface area (Å²) in [5, 5.41) is 9.25. The number of carbonyl (C=O) groups is 1. The van der Waals surface area contributed by atoms with Gasteiger partial charge in [0.15, 0.2) is 16.7 Å². The number of aromatic nitrogens is 2. The number of hydroxylamine groups is 1. The second kappa shape index (κ2) is 12.8. The number of nitrogens with one attached hydrogen (secondary N) is 1. The first kappa shape index (κ1) is 25.3. The van der Waals surface area contributed by atoms with E-state index in [1.165, 1.54) is 0 Å². The highest BCUT2D eigenvalue weighted by Gasteiger charge is 2.12. The Labute approximate surface area is 203 Å². The number of unbranched alkanes of at least 4 members (excludes halogenated alkanes) is 2. The summed E-state index contributed by atoms with van der Waals surface area (Å²) in [6.45, 7) is 0. The quantitative estimate of drug-likeness (QED) is 0.122. The van der Waals surface area contributed by atoms with Gasteiger partial charge in [0, 0.05) is 23.3 Å². The lowest BCUT2D eigenvalue weighted by Gasteiger charge is -2.12. The summed E-state index contributed by atoms with van der Waals surface area (Å²) in [5.74, 6) is 2.52. The molecule has 0 aliphatic rings. The van der Waals surface area contributed by atoms with Crippen molar-refractivity contribution in [1.82, 2.24) is 15.4 Å². The normalized spacial score (nSPS) is 10.6. The van der Waals surface area contributed by atoms with Crippen molar-refractivity contribution in [3.63, 3.8) is 0 Å². The highest BCUT2D eigenvalue weighted by atomic mass is 32.2. The molecule has 0 unspecified atom stereocenters. The van der Waals surface area contributed by atoms with E-state index < -0.39 is 0 Å². The smallest absolute Gasteiger partial charge is 0.243 e. The minimum Gasteiger partial charge on any atom is -0.497 e. The maximum Gasteiger partial charge on any atom is 0.243 e. The van der Waals surface area contributed by atoms with Crippen LogP contribution >= 0.6 is 11.8 Å². The number of benzene rings is 2. The van der Waals surface area contributed by atoms with Crippen LogP contribution in [0, 0.1) is 0 Å². The van der Waals surface area contributed by atoms with E-state index in [1.807, 2.05) is 48.5 Å². The molecule has 8 nitrogen and oxygen atoms in total. The zero-order valence-corrected chi connectivity index (χ0v) is 20.4. The molecule has 0 fully saturated rings. The number of nitrogens with zero attached hydrogens (tertiary/aromatic N) is 2. The zero-order valence-electron chi connectivity index (χ0n) is 19.5. The Hall–Kier alpha value is -3.30. The molecule has 0 saturated heterocycles. The molecule has 9 heteroatoms. The Kier molecular flexibility index (Phi) is 9.54. The molecule has 1 aromatic heterocycles. The van der Waals surface area contributed by atoms with E-state index in [4.69, 9.17) is 29.4 Å². The van der Waals surface area contributed by atoms with Gasteiger partial charge in [0.25, 0.3) is 0 Å². The standard InChI is InChI=1S/C25H29N3O5S/c1-31-19-11-8-17(9-12-19)20-16-21(18-10-13-22(32-2)23(15-18)33-3)27-25(26-20)34-14-6-4-5-7-24(29)28-30/h8-13,15-16,30H,4-7,14H2,1-3H3,(H,28,29). The first-order chi connectivity index (χ1) is 16.6. The van der Waals surface area contributed by atoms with Gasteiger partial charge < -0.3 is 14.2 Å². The molecule has 0 atom stereocenters. The van der Waals surface area contributed by atoms with Gasteiger partial charge in [-0.3, -0.25) is 10.0 Å². The third kappa shape index (κ3) is 6.85. The van der Waals surface area contributed by atoms with Crippen molar-refractivity contribution in [1.29, 1.82) is 0 Å². The van der Waals surface area contributed by atoms with E-state index in [-0.39, 0.29) is 5.91 Å². The van der Waals surface area contributed by atoms with Crippen LogP contribution in [0.1, 0.15) is 25.7 Å². The molecule has 0 spiro atoms. The molecule has 34 heavy (non-hydrogen) atoms. The molecule has 1 amide bonds. The number of amides is 1. The van der Waals surface area contributed by atoms with Crippen LogP contribution in [0.25, 0.3) is 22.5 Å². The lowest BCUT2D eigenvalue weighted by atomic mass is 10.1. The zero-order chi connectivity index (χ0) is 24.3. The van der Waals surface area contributed by atoms with Crippen molar-refractivity contribution in [2.75, 3.05) is 27.1 Å². The Morgan fingerprint density at radius 1 is 0.853 bits per heavy atom. The van der Waals surface area contributed by atoms with Gasteiger partial charge in [-0.05, 0) is 61.4 Å². The predicted octanol–water partition coefficient (Wildman–Crippen LogP) is 4.99. The van der Waals surface area contributed by atoms with Crippen molar-refractivity contribution >= 4 is 17.7 Å². The maximum absolute atomic E-state index is 11.1. The first-order valence-corrected chi connectivity index (χ1v) is 11.9. The second-order valence-electron chi connectivity index (χ2n) is 7.41. The van der Waals surface area contributed by atoms with E-state index in [0.717, 1.165) is 53.3 Å². The average Bonchev–Trinajstić information content (AvgIpc) is 2.89. The van der Waals surface area contributed by atoms with Crippen LogP contribution in [0.2, 0.25) is 0 Å². The molecule has 0 bridgehead atoms. The topological polar surface area (TPSA) is 103 Å². The molecule has 0 saturated carbocycles. The number of methoxy groups -OCH3 is 3. The maximum atomic E-state index is 11.1. The third-order valence-electron chi connectivity index (χ3n) is 5.17. The Bertz CT molecular complexity index is 1090. The highest BCUT2D eigenvalue weighted by Crippen LogP contribution is 2.34. The Morgan fingerprint density at radius 2 is 1.53 bits per heavy atom. The molecule has 180 valence electrons. The molecular weight excluding hydrogens is 454 g/mol. The lowest BCUT2D eigenvalue weighted by Crippen LogP contribution is -2.17. The Morgan fingerprint density at radius 3 is 2.18 bits per heavy atom. The molecule has 2 N–H and O–H groups in total. The summed E-state index contributed by atoms with van der Waals surface area (Å²) in [7, 11) is 4.85. The monoisotopic (exact) mass is 483 g/mol. The SMILES string of the molecule is COc1ccc(-c2cc(-c3ccc(OC)c(OC)c3)nc(SCCCCCC(=O)NO)n2)cc1. The summed E-state index contributed by atoms with van der Waals surface area (Å²) in [6.07, 6.45) is 2.82. The minimum atomic E-state index is -0.359. The van der Waals surface area contributed by atoms with Crippen LogP contribution in [-0.2, 0) is 4.79 Å². The van der Waals surface area contributed by atoms with Gasteiger partial charge in [0.05, 0.1) is 32.7 Å². The van der Waals surface area contributed by atoms with Crippen molar-refractivity contribution in [3.8, 4) is 39.8 Å². The number of hydrogen-bond acceptors (Lipinski definition) is 8. The van der Waals surface area contributed by atoms with Gasteiger partial charge in [-0.2, -0.15) is 0 Å². The number of rotatable bonds is 12. The molecular formula is C25H29N3O5S. The Balaban J connectivity index is 1.84. The summed E-state index contributed by atoms with van der Waals surface area (Å²) < 4.78 is 16.1. The van der Waals surface area contributed by atoms with Crippen molar-refractivity contribution in [3.05, 3.63) is 48.5 Å². The molecule has 0 aliphatic heterocycles. The fourth-order valence-electron chi connectivity index (χ4n) is 3.33. The van der Waals surface area contributed by atoms with Gasteiger partial charge in [-0.15, -0.1) is 0 Å². The van der Waals surface area contributed by atoms with Crippen LogP contribution in [0.4, 0.5) is 0 Å². The first-order valence-electron chi connectivity index (χ1n) is 10.9. The van der Waals surface area contributed by atoms with Crippen molar-refractivity contribution in [2.24, 2.45) is 0 Å². The minimum absolute atomic E-state index is 0.314. The molecule has 1 heterocycles. The second-order valence-corrected chi connectivity index (χ2v) is 8.48. The van der Waals surface area contributed by atoms with Crippen LogP contribution in [0.3, 0.4) is 0 Å². The number of carbonyl (C=O) groups excluding carboxylic acids is 1. The largest absolute Gasteiger partial charge is 0.497 e. The summed E-state index contributed by atoms with van der Waals surface area (Å²) >= 11 is 1.58. The van der Waals surface area contributed by atoms with Crippen molar-refractivity contribution < 1.29 is 24.2 Å². The van der Waals surface area contributed by atoms with Gasteiger partial charge >= 0.3 is 0 Å². The van der Waals surface area contributed by atoms with Gasteiger partial charge in [-0.25, -0.2) is 15.4 Å². The lowest BCUT2D eigenvalue weighted by molar-refractivity contribution is -0.129. The van der Waals surface area contributed by atoms with Crippen LogP contribution in [0.15, 0.2) is 53.7 Å². The fraction of sp³-hybridized carbons (Fsp3) is 0.320. The van der Waals surface area contributed by atoms with Crippen LogP contribution in [0.5, 0.6) is 17.2 Å². The van der Waals surface area contributed by atoms with Crippen LogP contribution in [-0.4, -0.2) is 48.2 Å². The van der Waals surface area contributed by atoms with E-state index in [2.05, 4.69) is 0 Å². The molecule has 0 radical (unpaired) electrons. The summed E-state index contributed by atoms with van der Waals surface area (Å²) in [4.78, 5) is 20.7. The number of ether oxygens (including phenoxy) is 3. The molecule has 2 aromatic carbocycles. The number of thioether (sulfide) groups is 1. The van der Waals surface area contributed by atoms with E-state index >= 15 is 0 Å². The fourth-order valence-corrected chi connectivity index (χ4v) is 4.18. The van der Waals surface area contributed by atoms with Gasteiger partial charge in [0.1, 0.15) is 5.75 Å². The van der Waals surface area contributed by atoms with Crippen LogP contribution < -0.4 is 19.7 Å². The molecule has 0 aliphatic carbocycles. The molecule has 3 rings (SSSR count). The summed E-state index contributed by atoms with van der Waals surface area (Å²) in [6, 6.07) is 15.4. The van der Waals surface area contributed by atoms with Gasteiger partial charge in [-0.1, -0.05) is 18.2 Å². The van der Waals surface area contributed by atoms with E-state index in [0.29, 0.717) is 23.1 Å². The molecule has 3 aromatic rings. The average molecular weight is 484 g/mol. The van der Waals surface area contributed by atoms with Gasteiger partial charge in [0.2, 0.25) is 5.91 Å². The summed E-state index contributed by atoms with van der Waals surface area (Å²) in [5.41, 5.74) is 5.11. The predicted molar refractivity (Wildman–Crippen MR) is 132 cm³/mol. The highest BCUT2D eigenvalue weighted by molar-refractivity contribution is 7.99.